The summed E-state index contributed by atoms with van der Waals surface area (Å²) in [5, 5.41) is 16.5. The van der Waals surface area contributed by atoms with E-state index < -0.39 is 0 Å². The maximum atomic E-state index is 8.76. The Labute approximate surface area is 87.8 Å². The van der Waals surface area contributed by atoms with Crippen LogP contribution in [0.4, 0.5) is 0 Å². The van der Waals surface area contributed by atoms with Crippen molar-refractivity contribution in [1.82, 2.24) is 15.0 Å². The number of hydrogen-bond acceptors (Lipinski definition) is 3. The summed E-state index contributed by atoms with van der Waals surface area (Å²) in [7, 11) is 0. The first-order valence-electron chi connectivity index (χ1n) is 4.64. The summed E-state index contributed by atoms with van der Waals surface area (Å²) in [6, 6.07) is 9.62. The maximum absolute atomic E-state index is 8.76. The second-order valence-electron chi connectivity index (χ2n) is 3.35. The Hall–Kier alpha value is -2.15. The zero-order valence-electron chi connectivity index (χ0n) is 8.38. The third-order valence-corrected chi connectivity index (χ3v) is 2.20. The lowest BCUT2D eigenvalue weighted by Crippen LogP contribution is -2.03. The molecule has 0 aliphatic heterocycles. The zero-order valence-corrected chi connectivity index (χ0v) is 8.38. The van der Waals surface area contributed by atoms with Crippen LogP contribution in [0.15, 0.2) is 30.5 Å². The number of nitriles is 1. The Balaban J connectivity index is 2.25. The Kier molecular flexibility index (Phi) is 2.46. The van der Waals surface area contributed by atoms with Crippen molar-refractivity contribution in [3.05, 3.63) is 47.3 Å². The molecule has 2 aromatic rings. The van der Waals surface area contributed by atoms with E-state index in [1.54, 1.807) is 16.9 Å². The smallest absolute Gasteiger partial charge is 0.0991 e. The molecule has 74 valence electrons. The van der Waals surface area contributed by atoms with E-state index in [9.17, 15) is 0 Å². The molecule has 4 heteroatoms. The zero-order chi connectivity index (χ0) is 10.7. The van der Waals surface area contributed by atoms with Crippen LogP contribution in [0, 0.1) is 18.3 Å². The van der Waals surface area contributed by atoms with Crippen LogP contribution in [0.5, 0.6) is 0 Å². The van der Waals surface area contributed by atoms with E-state index in [-0.39, 0.29) is 0 Å². The minimum atomic E-state index is 0.654. The average molecular weight is 198 g/mol. The minimum absolute atomic E-state index is 0.654. The van der Waals surface area contributed by atoms with Crippen molar-refractivity contribution in [3.63, 3.8) is 0 Å². The SMILES string of the molecule is Cc1cnnn1Cc1cccc(C#N)c1. The first-order valence-corrected chi connectivity index (χ1v) is 4.64. The molecule has 0 N–H and O–H groups in total. The molecule has 0 radical (unpaired) electrons. The molecule has 0 saturated heterocycles. The highest BCUT2D eigenvalue weighted by Gasteiger charge is 2.00. The molecule has 0 atom stereocenters. The van der Waals surface area contributed by atoms with Crippen LogP contribution in [-0.2, 0) is 6.54 Å². The highest BCUT2D eigenvalue weighted by Crippen LogP contribution is 2.06. The third kappa shape index (κ3) is 2.02. The van der Waals surface area contributed by atoms with Gasteiger partial charge in [0, 0.05) is 0 Å². The van der Waals surface area contributed by atoms with Gasteiger partial charge in [-0.25, -0.2) is 4.68 Å². The van der Waals surface area contributed by atoms with E-state index in [0.717, 1.165) is 11.3 Å². The molecule has 2 rings (SSSR count). The fourth-order valence-corrected chi connectivity index (χ4v) is 1.38. The second kappa shape index (κ2) is 3.93. The Morgan fingerprint density at radius 1 is 1.47 bits per heavy atom. The van der Waals surface area contributed by atoms with Crippen LogP contribution in [0.25, 0.3) is 0 Å². The van der Waals surface area contributed by atoms with Crippen molar-refractivity contribution >= 4 is 0 Å². The van der Waals surface area contributed by atoms with Gasteiger partial charge >= 0.3 is 0 Å². The third-order valence-electron chi connectivity index (χ3n) is 2.20. The molecular formula is C11H10N4. The first kappa shape index (κ1) is 9.41. The molecule has 0 spiro atoms. The van der Waals surface area contributed by atoms with Crippen LogP contribution in [0.1, 0.15) is 16.8 Å². The second-order valence-corrected chi connectivity index (χ2v) is 3.35. The van der Waals surface area contributed by atoms with E-state index >= 15 is 0 Å². The predicted octanol–water partition coefficient (Wildman–Crippen LogP) is 1.51. The van der Waals surface area contributed by atoms with Gasteiger partial charge in [0.2, 0.25) is 0 Å². The van der Waals surface area contributed by atoms with Gasteiger partial charge in [-0.1, -0.05) is 17.3 Å². The molecule has 15 heavy (non-hydrogen) atoms. The summed E-state index contributed by atoms with van der Waals surface area (Å²) in [6.07, 6.45) is 1.72. The fourth-order valence-electron chi connectivity index (χ4n) is 1.38. The standard InChI is InChI=1S/C11H10N4/c1-9-7-13-14-15(9)8-11-4-2-3-10(5-11)6-12/h2-5,7H,8H2,1H3. The van der Waals surface area contributed by atoms with Crippen molar-refractivity contribution in [1.29, 1.82) is 5.26 Å². The number of aryl methyl sites for hydroxylation is 1. The summed E-state index contributed by atoms with van der Waals surface area (Å²) >= 11 is 0. The molecule has 1 aromatic carbocycles. The normalized spacial score (nSPS) is 9.87. The molecular weight excluding hydrogens is 188 g/mol. The number of aromatic nitrogens is 3. The van der Waals surface area contributed by atoms with Crippen molar-refractivity contribution < 1.29 is 0 Å². The van der Waals surface area contributed by atoms with E-state index in [1.807, 2.05) is 25.1 Å². The molecule has 0 unspecified atom stereocenters. The van der Waals surface area contributed by atoms with Gasteiger partial charge in [-0.05, 0) is 24.6 Å². The monoisotopic (exact) mass is 198 g/mol. The van der Waals surface area contributed by atoms with E-state index in [1.165, 1.54) is 0 Å². The van der Waals surface area contributed by atoms with Crippen LogP contribution in [0.2, 0.25) is 0 Å². The largest absolute Gasteiger partial charge is 0.245 e. The number of hydrogen-bond donors (Lipinski definition) is 0. The van der Waals surface area contributed by atoms with Crippen molar-refractivity contribution in [2.45, 2.75) is 13.5 Å². The van der Waals surface area contributed by atoms with Gasteiger partial charge in [-0.15, -0.1) is 5.10 Å². The summed E-state index contributed by atoms with van der Waals surface area (Å²) in [5.74, 6) is 0. The minimum Gasteiger partial charge on any atom is -0.245 e. The number of rotatable bonds is 2. The summed E-state index contributed by atoms with van der Waals surface area (Å²) in [5.41, 5.74) is 2.74. The Morgan fingerprint density at radius 2 is 2.33 bits per heavy atom. The lowest BCUT2D eigenvalue weighted by Gasteiger charge is -2.03. The van der Waals surface area contributed by atoms with Crippen molar-refractivity contribution in [2.24, 2.45) is 0 Å². The lowest BCUT2D eigenvalue weighted by molar-refractivity contribution is 0.633. The highest BCUT2D eigenvalue weighted by atomic mass is 15.4. The van der Waals surface area contributed by atoms with Gasteiger partial charge in [-0.2, -0.15) is 5.26 Å². The molecule has 0 bridgehead atoms. The average Bonchev–Trinajstić information content (AvgIpc) is 2.65. The number of benzene rings is 1. The maximum Gasteiger partial charge on any atom is 0.0991 e. The summed E-state index contributed by atoms with van der Waals surface area (Å²) in [4.78, 5) is 0. The lowest BCUT2D eigenvalue weighted by atomic mass is 10.1. The van der Waals surface area contributed by atoms with Crippen LogP contribution in [0.3, 0.4) is 0 Å². The molecule has 0 amide bonds. The molecule has 4 nitrogen and oxygen atoms in total. The van der Waals surface area contributed by atoms with E-state index in [2.05, 4.69) is 16.4 Å². The molecule has 0 aliphatic rings. The highest BCUT2D eigenvalue weighted by molar-refractivity contribution is 5.32. The summed E-state index contributed by atoms with van der Waals surface area (Å²) < 4.78 is 1.80. The topological polar surface area (TPSA) is 54.5 Å². The van der Waals surface area contributed by atoms with Gasteiger partial charge in [0.1, 0.15) is 0 Å². The van der Waals surface area contributed by atoms with Crippen LogP contribution in [-0.4, -0.2) is 15.0 Å². The van der Waals surface area contributed by atoms with Crippen molar-refractivity contribution in [3.8, 4) is 6.07 Å². The molecule has 0 fully saturated rings. The molecule has 1 heterocycles. The Bertz CT molecular complexity index is 507. The van der Waals surface area contributed by atoms with Gasteiger partial charge in [0.15, 0.2) is 0 Å². The fraction of sp³-hybridized carbons (Fsp3) is 0.182. The van der Waals surface area contributed by atoms with Gasteiger partial charge < -0.3 is 0 Å². The van der Waals surface area contributed by atoms with Gasteiger partial charge in [0.25, 0.3) is 0 Å². The molecule has 0 saturated carbocycles. The van der Waals surface area contributed by atoms with Crippen molar-refractivity contribution in [2.75, 3.05) is 0 Å². The van der Waals surface area contributed by atoms with Crippen LogP contribution < -0.4 is 0 Å². The Morgan fingerprint density at radius 3 is 3.00 bits per heavy atom. The number of nitrogens with zero attached hydrogens (tertiary/aromatic N) is 4. The van der Waals surface area contributed by atoms with Gasteiger partial charge in [-0.3, -0.25) is 0 Å². The summed E-state index contributed by atoms with van der Waals surface area (Å²) in [6.45, 7) is 2.61. The quantitative estimate of drug-likeness (QED) is 0.734. The predicted molar refractivity (Wildman–Crippen MR) is 55.0 cm³/mol. The van der Waals surface area contributed by atoms with Crippen LogP contribution >= 0.6 is 0 Å². The van der Waals surface area contributed by atoms with E-state index in [0.29, 0.717) is 12.1 Å². The van der Waals surface area contributed by atoms with Gasteiger partial charge in [0.05, 0.1) is 30.1 Å². The molecule has 1 aromatic heterocycles. The first-order chi connectivity index (χ1) is 7.29. The molecule has 0 aliphatic carbocycles. The van der Waals surface area contributed by atoms with E-state index in [4.69, 9.17) is 5.26 Å².